The molecule has 104 valence electrons. The zero-order valence-corrected chi connectivity index (χ0v) is 11.3. The van der Waals surface area contributed by atoms with Crippen LogP contribution in [-0.4, -0.2) is 50.5 Å². The Bertz CT molecular complexity index is 509. The Labute approximate surface area is 111 Å². The SMILES string of the molecule is CC(C)Cc1c(C(=O)O)nnn1C1CCN(C)C1=O. The highest BCUT2D eigenvalue weighted by atomic mass is 16.4. The lowest BCUT2D eigenvalue weighted by Crippen LogP contribution is -2.26. The van der Waals surface area contributed by atoms with Crippen molar-refractivity contribution in [3.63, 3.8) is 0 Å². The highest BCUT2D eigenvalue weighted by molar-refractivity contribution is 5.87. The first-order valence-electron chi connectivity index (χ1n) is 6.34. The second-order valence-electron chi connectivity index (χ2n) is 5.30. The molecule has 1 amide bonds. The van der Waals surface area contributed by atoms with Crippen molar-refractivity contribution in [1.29, 1.82) is 0 Å². The summed E-state index contributed by atoms with van der Waals surface area (Å²) >= 11 is 0. The lowest BCUT2D eigenvalue weighted by molar-refractivity contribution is -0.129. The van der Waals surface area contributed by atoms with Crippen LogP contribution in [0.4, 0.5) is 0 Å². The van der Waals surface area contributed by atoms with Gasteiger partial charge in [-0.3, -0.25) is 4.79 Å². The van der Waals surface area contributed by atoms with Gasteiger partial charge in [0.1, 0.15) is 6.04 Å². The van der Waals surface area contributed by atoms with Gasteiger partial charge < -0.3 is 10.0 Å². The maximum absolute atomic E-state index is 12.0. The number of aromatic nitrogens is 3. The number of nitrogens with zero attached hydrogens (tertiary/aromatic N) is 4. The number of carboxylic acid groups (broad SMARTS) is 1. The van der Waals surface area contributed by atoms with Gasteiger partial charge >= 0.3 is 5.97 Å². The number of hydrogen-bond acceptors (Lipinski definition) is 4. The molecule has 0 saturated carbocycles. The molecular formula is C12H18N4O3. The number of aromatic carboxylic acids is 1. The number of likely N-dealkylation sites (tertiary alicyclic amines) is 1. The molecule has 0 aliphatic carbocycles. The van der Waals surface area contributed by atoms with Gasteiger partial charge in [-0.15, -0.1) is 5.10 Å². The van der Waals surface area contributed by atoms with Gasteiger partial charge in [0, 0.05) is 13.6 Å². The smallest absolute Gasteiger partial charge is 0.358 e. The van der Waals surface area contributed by atoms with Crippen LogP contribution in [0, 0.1) is 5.92 Å². The topological polar surface area (TPSA) is 88.3 Å². The second-order valence-corrected chi connectivity index (χ2v) is 5.30. The molecular weight excluding hydrogens is 248 g/mol. The van der Waals surface area contributed by atoms with Crippen LogP contribution >= 0.6 is 0 Å². The van der Waals surface area contributed by atoms with Gasteiger partial charge in [0.25, 0.3) is 0 Å². The molecule has 19 heavy (non-hydrogen) atoms. The first kappa shape index (κ1) is 13.5. The molecule has 1 aromatic heterocycles. The van der Waals surface area contributed by atoms with Gasteiger partial charge in [0.05, 0.1) is 5.69 Å². The minimum Gasteiger partial charge on any atom is -0.476 e. The lowest BCUT2D eigenvalue weighted by atomic mass is 10.1. The van der Waals surface area contributed by atoms with E-state index in [0.717, 1.165) is 0 Å². The summed E-state index contributed by atoms with van der Waals surface area (Å²) < 4.78 is 1.50. The summed E-state index contributed by atoms with van der Waals surface area (Å²) in [6.45, 7) is 4.64. The Morgan fingerprint density at radius 1 is 1.53 bits per heavy atom. The third-order valence-corrected chi connectivity index (χ3v) is 3.29. The van der Waals surface area contributed by atoms with E-state index in [-0.39, 0.29) is 17.5 Å². The lowest BCUT2D eigenvalue weighted by Gasteiger charge is -2.14. The highest BCUT2D eigenvalue weighted by Crippen LogP contribution is 2.25. The summed E-state index contributed by atoms with van der Waals surface area (Å²) in [5.41, 5.74) is 0.493. The van der Waals surface area contributed by atoms with Crippen LogP contribution in [0.1, 0.15) is 42.5 Å². The van der Waals surface area contributed by atoms with Crippen molar-refractivity contribution in [3.8, 4) is 0 Å². The third kappa shape index (κ3) is 2.45. The van der Waals surface area contributed by atoms with Crippen LogP contribution in [-0.2, 0) is 11.2 Å². The van der Waals surface area contributed by atoms with Gasteiger partial charge in [0.15, 0.2) is 5.69 Å². The number of carbonyl (C=O) groups is 2. The predicted molar refractivity (Wildman–Crippen MR) is 66.8 cm³/mol. The van der Waals surface area contributed by atoms with Gasteiger partial charge in [0.2, 0.25) is 5.91 Å². The molecule has 1 N–H and O–H groups in total. The van der Waals surface area contributed by atoms with E-state index >= 15 is 0 Å². The Kier molecular flexibility index (Phi) is 3.55. The molecule has 1 fully saturated rings. The Morgan fingerprint density at radius 2 is 2.21 bits per heavy atom. The summed E-state index contributed by atoms with van der Waals surface area (Å²) in [5.74, 6) is -0.864. The molecule has 0 aromatic carbocycles. The third-order valence-electron chi connectivity index (χ3n) is 3.29. The Hall–Kier alpha value is -1.92. The molecule has 1 aliphatic rings. The molecule has 2 rings (SSSR count). The van der Waals surface area contributed by atoms with E-state index in [2.05, 4.69) is 10.3 Å². The van der Waals surface area contributed by atoms with Gasteiger partial charge in [-0.05, 0) is 18.8 Å². The average Bonchev–Trinajstić information content (AvgIpc) is 2.84. The van der Waals surface area contributed by atoms with Gasteiger partial charge in [-0.2, -0.15) is 0 Å². The van der Waals surface area contributed by atoms with Crippen molar-refractivity contribution in [1.82, 2.24) is 19.9 Å². The normalized spacial score (nSPS) is 19.5. The number of amides is 1. The van der Waals surface area contributed by atoms with Crippen molar-refractivity contribution < 1.29 is 14.7 Å². The van der Waals surface area contributed by atoms with E-state index in [1.54, 1.807) is 11.9 Å². The first-order chi connectivity index (χ1) is 8.91. The molecule has 0 bridgehead atoms. The molecule has 7 heteroatoms. The Balaban J connectivity index is 2.40. The van der Waals surface area contributed by atoms with Crippen molar-refractivity contribution in [2.24, 2.45) is 5.92 Å². The fraction of sp³-hybridized carbons (Fsp3) is 0.667. The van der Waals surface area contributed by atoms with Crippen molar-refractivity contribution >= 4 is 11.9 Å². The van der Waals surface area contributed by atoms with Crippen LogP contribution in [0.5, 0.6) is 0 Å². The number of likely N-dealkylation sites (N-methyl/N-ethyl adjacent to an activating group) is 1. The maximum atomic E-state index is 12.0. The van der Waals surface area contributed by atoms with E-state index in [0.29, 0.717) is 25.1 Å². The van der Waals surface area contributed by atoms with E-state index in [4.69, 9.17) is 5.11 Å². The van der Waals surface area contributed by atoms with Crippen molar-refractivity contribution in [2.75, 3.05) is 13.6 Å². The van der Waals surface area contributed by atoms with E-state index in [1.807, 2.05) is 13.8 Å². The number of carboxylic acids is 1. The molecule has 1 atom stereocenters. The standard InChI is InChI=1S/C12H18N4O3/c1-7(2)6-9-10(12(18)19)13-14-16(9)8-4-5-15(3)11(8)17/h7-8H,4-6H2,1-3H3,(H,18,19). The van der Waals surface area contributed by atoms with Crippen molar-refractivity contribution in [2.45, 2.75) is 32.7 Å². The maximum Gasteiger partial charge on any atom is 0.358 e. The van der Waals surface area contributed by atoms with Gasteiger partial charge in [-0.25, -0.2) is 9.48 Å². The second kappa shape index (κ2) is 4.99. The summed E-state index contributed by atoms with van der Waals surface area (Å²) in [6.07, 6.45) is 1.19. The number of carbonyl (C=O) groups excluding carboxylic acids is 1. The van der Waals surface area contributed by atoms with E-state index in [1.165, 1.54) is 4.68 Å². The molecule has 0 radical (unpaired) electrons. The predicted octanol–water partition coefficient (Wildman–Crippen LogP) is 0.578. The minimum absolute atomic E-state index is 0.0353. The fourth-order valence-electron chi connectivity index (χ4n) is 2.34. The van der Waals surface area contributed by atoms with Gasteiger partial charge in [-0.1, -0.05) is 19.1 Å². The van der Waals surface area contributed by atoms with Crippen LogP contribution < -0.4 is 0 Å². The molecule has 2 heterocycles. The highest BCUT2D eigenvalue weighted by Gasteiger charge is 2.34. The van der Waals surface area contributed by atoms with Crippen LogP contribution in [0.2, 0.25) is 0 Å². The van der Waals surface area contributed by atoms with Crippen molar-refractivity contribution in [3.05, 3.63) is 11.4 Å². The quantitative estimate of drug-likeness (QED) is 0.861. The molecule has 7 nitrogen and oxygen atoms in total. The zero-order chi connectivity index (χ0) is 14.2. The van der Waals surface area contributed by atoms with Crippen LogP contribution in [0.3, 0.4) is 0 Å². The molecule has 0 spiro atoms. The Morgan fingerprint density at radius 3 is 2.68 bits per heavy atom. The zero-order valence-electron chi connectivity index (χ0n) is 11.3. The summed E-state index contributed by atoms with van der Waals surface area (Å²) in [5, 5.41) is 16.8. The number of hydrogen-bond donors (Lipinski definition) is 1. The molecule has 1 aliphatic heterocycles. The summed E-state index contributed by atoms with van der Waals surface area (Å²) in [7, 11) is 1.74. The number of rotatable bonds is 4. The monoisotopic (exact) mass is 266 g/mol. The summed E-state index contributed by atoms with van der Waals surface area (Å²) in [6, 6.07) is -0.417. The largest absolute Gasteiger partial charge is 0.476 e. The van der Waals surface area contributed by atoms with Crippen LogP contribution in [0.25, 0.3) is 0 Å². The summed E-state index contributed by atoms with van der Waals surface area (Å²) in [4.78, 5) is 24.8. The fourth-order valence-corrected chi connectivity index (χ4v) is 2.34. The average molecular weight is 266 g/mol. The molecule has 1 saturated heterocycles. The minimum atomic E-state index is -1.10. The molecule has 1 aromatic rings. The van der Waals surface area contributed by atoms with Crippen LogP contribution in [0.15, 0.2) is 0 Å². The van der Waals surface area contributed by atoms with E-state index in [9.17, 15) is 9.59 Å². The van der Waals surface area contributed by atoms with E-state index < -0.39 is 12.0 Å². The first-order valence-corrected chi connectivity index (χ1v) is 6.34. The molecule has 1 unspecified atom stereocenters.